The van der Waals surface area contributed by atoms with E-state index in [1.165, 1.54) is 24.8 Å². The monoisotopic (exact) mass is 372 g/mol. The van der Waals surface area contributed by atoms with E-state index in [4.69, 9.17) is 4.74 Å². The van der Waals surface area contributed by atoms with Gasteiger partial charge in [-0.2, -0.15) is 0 Å². The van der Waals surface area contributed by atoms with Crippen molar-refractivity contribution in [1.82, 2.24) is 0 Å². The van der Waals surface area contributed by atoms with Gasteiger partial charge in [0.25, 0.3) is 5.91 Å². The van der Waals surface area contributed by atoms with Crippen LogP contribution in [0.5, 0.6) is 5.75 Å². The van der Waals surface area contributed by atoms with Crippen molar-refractivity contribution in [3.63, 3.8) is 0 Å². The quantitative estimate of drug-likeness (QED) is 0.550. The van der Waals surface area contributed by atoms with Gasteiger partial charge in [-0.3, -0.25) is 14.9 Å². The SMILES string of the molecule is COc1cc(NC(=O)C[NH2+][C@@H](c2ccccc2)C(C)C)c(C)cc1[N+](=O)[O-]. The number of ether oxygens (including phenoxy) is 1. The van der Waals surface area contributed by atoms with Gasteiger partial charge in [0.1, 0.15) is 6.04 Å². The summed E-state index contributed by atoms with van der Waals surface area (Å²) in [5.41, 5.74) is 2.17. The number of nitro benzene ring substituents is 1. The van der Waals surface area contributed by atoms with E-state index in [1.807, 2.05) is 23.5 Å². The number of rotatable bonds is 8. The number of carbonyl (C=O) groups excluding carboxylic acids is 1. The molecule has 27 heavy (non-hydrogen) atoms. The number of nitrogens with zero attached hydrogens (tertiary/aromatic N) is 1. The van der Waals surface area contributed by atoms with Gasteiger partial charge in [-0.1, -0.05) is 44.2 Å². The summed E-state index contributed by atoms with van der Waals surface area (Å²) in [6, 6.07) is 13.1. The maximum atomic E-state index is 12.4. The van der Waals surface area contributed by atoms with E-state index < -0.39 is 4.92 Å². The number of nitrogens with one attached hydrogen (secondary N) is 1. The van der Waals surface area contributed by atoms with Gasteiger partial charge in [-0.05, 0) is 12.5 Å². The first-order chi connectivity index (χ1) is 12.8. The Kier molecular flexibility index (Phi) is 6.90. The van der Waals surface area contributed by atoms with E-state index in [0.29, 0.717) is 17.2 Å². The molecule has 1 amide bonds. The van der Waals surface area contributed by atoms with Gasteiger partial charge in [0.2, 0.25) is 0 Å². The smallest absolute Gasteiger partial charge is 0.311 e. The Morgan fingerprint density at radius 2 is 1.93 bits per heavy atom. The lowest BCUT2D eigenvalue weighted by atomic mass is 9.96. The van der Waals surface area contributed by atoms with Crippen LogP contribution in [0.25, 0.3) is 0 Å². The Morgan fingerprint density at radius 1 is 1.26 bits per heavy atom. The summed E-state index contributed by atoms with van der Waals surface area (Å²) in [6.07, 6.45) is 0. The summed E-state index contributed by atoms with van der Waals surface area (Å²) in [5.74, 6) is 0.311. The topological polar surface area (TPSA) is 98.1 Å². The molecule has 0 aromatic heterocycles. The molecular formula is C20H26N3O4+. The van der Waals surface area contributed by atoms with E-state index >= 15 is 0 Å². The van der Waals surface area contributed by atoms with Gasteiger partial charge in [-0.15, -0.1) is 0 Å². The summed E-state index contributed by atoms with van der Waals surface area (Å²) in [6.45, 7) is 6.21. The number of amides is 1. The molecule has 0 fully saturated rings. The number of hydrogen-bond acceptors (Lipinski definition) is 4. The number of anilines is 1. The molecule has 2 rings (SSSR count). The third-order valence-electron chi connectivity index (χ3n) is 4.46. The highest BCUT2D eigenvalue weighted by atomic mass is 16.6. The molecule has 0 heterocycles. The van der Waals surface area contributed by atoms with Crippen LogP contribution in [0.2, 0.25) is 0 Å². The molecule has 144 valence electrons. The second-order valence-corrected chi connectivity index (χ2v) is 6.76. The normalized spacial score (nSPS) is 11.9. The fraction of sp³-hybridized carbons (Fsp3) is 0.350. The summed E-state index contributed by atoms with van der Waals surface area (Å²) < 4.78 is 5.07. The molecule has 2 aromatic rings. The number of hydrogen-bond donors (Lipinski definition) is 2. The number of nitrogens with two attached hydrogens (primary N) is 1. The number of benzene rings is 2. The fourth-order valence-electron chi connectivity index (χ4n) is 3.02. The second-order valence-electron chi connectivity index (χ2n) is 6.76. The maximum absolute atomic E-state index is 12.4. The zero-order chi connectivity index (χ0) is 20.0. The van der Waals surface area contributed by atoms with Gasteiger partial charge in [0.05, 0.1) is 12.0 Å². The molecule has 0 saturated heterocycles. The van der Waals surface area contributed by atoms with Gasteiger partial charge < -0.3 is 15.4 Å². The highest BCUT2D eigenvalue weighted by molar-refractivity contribution is 5.92. The first-order valence-electron chi connectivity index (χ1n) is 8.84. The minimum Gasteiger partial charge on any atom is -0.490 e. The Balaban J connectivity index is 2.08. The van der Waals surface area contributed by atoms with Crippen LogP contribution in [-0.4, -0.2) is 24.5 Å². The third kappa shape index (κ3) is 5.27. The van der Waals surface area contributed by atoms with Crippen LogP contribution >= 0.6 is 0 Å². The van der Waals surface area contributed by atoms with Crippen LogP contribution in [0.4, 0.5) is 11.4 Å². The molecule has 0 aliphatic rings. The molecule has 0 unspecified atom stereocenters. The molecule has 2 aromatic carbocycles. The summed E-state index contributed by atoms with van der Waals surface area (Å²) in [7, 11) is 1.37. The molecule has 0 aliphatic carbocycles. The van der Waals surface area contributed by atoms with Crippen LogP contribution in [0.3, 0.4) is 0 Å². The summed E-state index contributed by atoms with van der Waals surface area (Å²) in [4.78, 5) is 23.0. The maximum Gasteiger partial charge on any atom is 0.311 e. The molecule has 0 spiro atoms. The Morgan fingerprint density at radius 3 is 2.48 bits per heavy atom. The van der Waals surface area contributed by atoms with E-state index in [-0.39, 0.29) is 29.9 Å². The van der Waals surface area contributed by atoms with E-state index in [0.717, 1.165) is 0 Å². The minimum atomic E-state index is -0.502. The van der Waals surface area contributed by atoms with Crippen LogP contribution < -0.4 is 15.4 Å². The molecule has 1 atom stereocenters. The van der Waals surface area contributed by atoms with Crippen molar-refractivity contribution < 1.29 is 19.8 Å². The second kappa shape index (κ2) is 9.14. The highest BCUT2D eigenvalue weighted by Crippen LogP contribution is 2.32. The molecular weight excluding hydrogens is 346 g/mol. The van der Waals surface area contributed by atoms with Crippen LogP contribution in [0, 0.1) is 23.0 Å². The predicted octanol–water partition coefficient (Wildman–Crippen LogP) is 2.81. The zero-order valence-corrected chi connectivity index (χ0v) is 16.1. The summed E-state index contributed by atoms with van der Waals surface area (Å²) >= 11 is 0. The van der Waals surface area contributed by atoms with Crippen molar-refractivity contribution in [3.05, 3.63) is 63.7 Å². The average Bonchev–Trinajstić information content (AvgIpc) is 2.63. The van der Waals surface area contributed by atoms with Crippen LogP contribution in [0.1, 0.15) is 31.0 Å². The van der Waals surface area contributed by atoms with Gasteiger partial charge in [-0.25, -0.2) is 0 Å². The van der Waals surface area contributed by atoms with Crippen molar-refractivity contribution in [2.24, 2.45) is 5.92 Å². The molecule has 7 heteroatoms. The van der Waals surface area contributed by atoms with E-state index in [1.54, 1.807) is 6.92 Å². The number of methoxy groups -OCH3 is 1. The highest BCUT2D eigenvalue weighted by Gasteiger charge is 2.22. The molecule has 3 N–H and O–H groups in total. The first-order valence-corrected chi connectivity index (χ1v) is 8.84. The average molecular weight is 372 g/mol. The largest absolute Gasteiger partial charge is 0.490 e. The lowest BCUT2D eigenvalue weighted by Crippen LogP contribution is -2.88. The lowest BCUT2D eigenvalue weighted by molar-refractivity contribution is -0.692. The van der Waals surface area contributed by atoms with Gasteiger partial charge in [0.15, 0.2) is 12.3 Å². The lowest BCUT2D eigenvalue weighted by Gasteiger charge is -2.19. The molecule has 0 saturated carbocycles. The summed E-state index contributed by atoms with van der Waals surface area (Å²) in [5, 5.41) is 15.9. The number of carbonyl (C=O) groups is 1. The van der Waals surface area contributed by atoms with Crippen molar-refractivity contribution in [2.45, 2.75) is 26.8 Å². The molecule has 0 radical (unpaired) electrons. The van der Waals surface area contributed by atoms with Gasteiger partial charge >= 0.3 is 5.69 Å². The number of aryl methyl sites for hydroxylation is 1. The van der Waals surface area contributed by atoms with Crippen molar-refractivity contribution in [3.8, 4) is 5.75 Å². The van der Waals surface area contributed by atoms with Crippen molar-refractivity contribution in [2.75, 3.05) is 19.0 Å². The molecule has 0 bridgehead atoms. The van der Waals surface area contributed by atoms with Crippen LogP contribution in [-0.2, 0) is 4.79 Å². The standard InChI is InChI=1S/C20H25N3O4/c1-13(2)20(15-8-6-5-7-9-15)21-12-19(24)22-16-11-18(27-4)17(23(25)26)10-14(16)3/h5-11,13,20-21H,12H2,1-4H3,(H,22,24)/p+1/t20-/m1/s1. The number of quaternary nitrogens is 1. The first kappa shape index (κ1) is 20.4. The predicted molar refractivity (Wildman–Crippen MR) is 104 cm³/mol. The van der Waals surface area contributed by atoms with Gasteiger partial charge in [0, 0.05) is 29.3 Å². The fourth-order valence-corrected chi connectivity index (χ4v) is 3.02. The molecule has 7 nitrogen and oxygen atoms in total. The zero-order valence-electron chi connectivity index (χ0n) is 16.1. The van der Waals surface area contributed by atoms with Crippen molar-refractivity contribution >= 4 is 17.3 Å². The Hall–Kier alpha value is -2.93. The Labute approximate surface area is 158 Å². The third-order valence-corrected chi connectivity index (χ3v) is 4.46. The number of nitro groups is 1. The van der Waals surface area contributed by atoms with E-state index in [9.17, 15) is 14.9 Å². The van der Waals surface area contributed by atoms with Crippen LogP contribution in [0.15, 0.2) is 42.5 Å². The minimum absolute atomic E-state index is 0.120. The van der Waals surface area contributed by atoms with Crippen molar-refractivity contribution in [1.29, 1.82) is 0 Å². The van der Waals surface area contributed by atoms with E-state index in [2.05, 4.69) is 31.3 Å². The molecule has 0 aliphatic heterocycles. The Bertz CT molecular complexity index is 806.